The Bertz CT molecular complexity index is 185. The molecule has 0 radical (unpaired) electrons. The first kappa shape index (κ1) is 13.7. The van der Waals surface area contributed by atoms with E-state index in [2.05, 4.69) is 0 Å². The van der Waals surface area contributed by atoms with E-state index in [1.165, 1.54) is 44.9 Å². The maximum absolute atomic E-state index is 9.55. The summed E-state index contributed by atoms with van der Waals surface area (Å²) < 4.78 is 0. The van der Waals surface area contributed by atoms with Crippen LogP contribution in [-0.2, 0) is 9.59 Å². The maximum Gasteiger partial charge on any atom is 0.328 e. The fourth-order valence-corrected chi connectivity index (χ4v) is 1.38. The fraction of sp³-hybridized carbons (Fsp3) is 0.636. The van der Waals surface area contributed by atoms with Crippen LogP contribution in [0.3, 0.4) is 0 Å². The molecule has 1 aliphatic carbocycles. The van der Waals surface area contributed by atoms with Gasteiger partial charge in [0.15, 0.2) is 0 Å². The van der Waals surface area contributed by atoms with Crippen LogP contribution in [0.5, 0.6) is 0 Å². The lowest BCUT2D eigenvalue weighted by molar-refractivity contribution is -0.134. The summed E-state index contributed by atoms with van der Waals surface area (Å²) in [4.78, 5) is 19.1. The molecule has 0 heterocycles. The smallest absolute Gasteiger partial charge is 0.328 e. The largest absolute Gasteiger partial charge is 0.478 e. The van der Waals surface area contributed by atoms with Crippen LogP contribution >= 0.6 is 0 Å². The molecule has 4 nitrogen and oxygen atoms in total. The van der Waals surface area contributed by atoms with Gasteiger partial charge < -0.3 is 10.2 Å². The minimum absolute atomic E-state index is 0.558. The Morgan fingerprint density at radius 1 is 0.667 bits per heavy atom. The molecule has 0 aromatic rings. The van der Waals surface area contributed by atoms with Gasteiger partial charge in [0.2, 0.25) is 0 Å². The van der Waals surface area contributed by atoms with Gasteiger partial charge in [-0.3, -0.25) is 0 Å². The predicted molar refractivity (Wildman–Crippen MR) is 56.7 cm³/mol. The van der Waals surface area contributed by atoms with Crippen LogP contribution < -0.4 is 0 Å². The molecule has 86 valence electrons. The summed E-state index contributed by atoms with van der Waals surface area (Å²) in [6.45, 7) is 0. The third-order valence-corrected chi connectivity index (χ3v) is 2.12. The first-order valence-corrected chi connectivity index (χ1v) is 5.27. The van der Waals surface area contributed by atoms with E-state index in [1.54, 1.807) is 0 Å². The third-order valence-electron chi connectivity index (χ3n) is 2.12. The molecule has 0 aromatic heterocycles. The van der Waals surface area contributed by atoms with E-state index >= 15 is 0 Å². The minimum atomic E-state index is -1.26. The number of hydrogen-bond acceptors (Lipinski definition) is 2. The van der Waals surface area contributed by atoms with Crippen molar-refractivity contribution in [3.63, 3.8) is 0 Å². The van der Waals surface area contributed by atoms with Gasteiger partial charge in [-0.15, -0.1) is 0 Å². The van der Waals surface area contributed by atoms with Crippen molar-refractivity contribution in [2.45, 2.75) is 44.9 Å². The van der Waals surface area contributed by atoms with Crippen molar-refractivity contribution in [3.8, 4) is 0 Å². The van der Waals surface area contributed by atoms with Crippen molar-refractivity contribution >= 4 is 11.9 Å². The highest BCUT2D eigenvalue weighted by Gasteiger charge is 1.95. The molecule has 0 unspecified atom stereocenters. The zero-order valence-electron chi connectivity index (χ0n) is 8.82. The highest BCUT2D eigenvalue weighted by molar-refractivity contribution is 5.89. The average molecular weight is 214 g/mol. The van der Waals surface area contributed by atoms with Crippen LogP contribution in [0.4, 0.5) is 0 Å². The molecular weight excluding hydrogens is 196 g/mol. The predicted octanol–water partition coefficient (Wildman–Crippen LogP) is 2.44. The van der Waals surface area contributed by atoms with Gasteiger partial charge in [-0.05, 0) is 0 Å². The molecule has 0 amide bonds. The molecule has 15 heavy (non-hydrogen) atoms. The van der Waals surface area contributed by atoms with Crippen LogP contribution in [0.2, 0.25) is 0 Å². The second kappa shape index (κ2) is 9.24. The van der Waals surface area contributed by atoms with Crippen LogP contribution in [-0.4, -0.2) is 22.2 Å². The second-order valence-corrected chi connectivity index (χ2v) is 3.48. The quantitative estimate of drug-likeness (QED) is 0.547. The number of carboxylic acids is 2. The minimum Gasteiger partial charge on any atom is -0.478 e. The topological polar surface area (TPSA) is 74.6 Å². The molecule has 1 saturated carbocycles. The average Bonchev–Trinajstić information content (AvgIpc) is 2.47. The Balaban J connectivity index is 0.000000262. The summed E-state index contributed by atoms with van der Waals surface area (Å²) in [6, 6.07) is 0. The molecule has 0 aromatic carbocycles. The Morgan fingerprint density at radius 3 is 1.00 bits per heavy atom. The van der Waals surface area contributed by atoms with E-state index in [0.29, 0.717) is 12.2 Å². The Morgan fingerprint density at radius 2 is 0.867 bits per heavy atom. The molecule has 1 rings (SSSR count). The Labute approximate surface area is 89.6 Å². The molecule has 0 bridgehead atoms. The number of rotatable bonds is 2. The van der Waals surface area contributed by atoms with Gasteiger partial charge in [0.05, 0.1) is 0 Å². The zero-order chi connectivity index (χ0) is 11.5. The number of hydrogen-bond donors (Lipinski definition) is 2. The summed E-state index contributed by atoms with van der Waals surface area (Å²) in [5.41, 5.74) is 0. The Hall–Kier alpha value is -1.32. The lowest BCUT2D eigenvalue weighted by atomic mass is 10.2. The normalized spacial score (nSPS) is 16.3. The van der Waals surface area contributed by atoms with E-state index in [0.717, 1.165) is 0 Å². The van der Waals surface area contributed by atoms with Crippen molar-refractivity contribution in [2.75, 3.05) is 0 Å². The highest BCUT2D eigenvalue weighted by atomic mass is 16.4. The van der Waals surface area contributed by atoms with E-state index in [1.807, 2.05) is 0 Å². The summed E-state index contributed by atoms with van der Waals surface area (Å²) in [7, 11) is 0. The molecular formula is C11H18O4. The second-order valence-electron chi connectivity index (χ2n) is 3.48. The van der Waals surface area contributed by atoms with Crippen molar-refractivity contribution < 1.29 is 19.8 Å². The Kier molecular flexibility index (Phi) is 8.43. The van der Waals surface area contributed by atoms with Gasteiger partial charge in [-0.2, -0.15) is 0 Å². The third kappa shape index (κ3) is 12.7. The standard InChI is InChI=1S/C7H14.C4H4O4/c1-2-4-6-7-5-3-1;5-3(6)1-2-4(7)8/h1-7H2;1-2H,(H,5,6)(H,7,8). The lowest BCUT2D eigenvalue weighted by Crippen LogP contribution is -1.91. The van der Waals surface area contributed by atoms with E-state index < -0.39 is 11.9 Å². The summed E-state index contributed by atoms with van der Waals surface area (Å²) >= 11 is 0. The van der Waals surface area contributed by atoms with Gasteiger partial charge in [0, 0.05) is 12.2 Å². The van der Waals surface area contributed by atoms with Crippen molar-refractivity contribution in [1.82, 2.24) is 0 Å². The van der Waals surface area contributed by atoms with Gasteiger partial charge in [0.25, 0.3) is 0 Å². The van der Waals surface area contributed by atoms with Crippen LogP contribution in [0, 0.1) is 0 Å². The lowest BCUT2D eigenvalue weighted by Gasteiger charge is -1.85. The molecule has 0 atom stereocenters. The number of carboxylic acid groups (broad SMARTS) is 2. The van der Waals surface area contributed by atoms with Crippen LogP contribution in [0.25, 0.3) is 0 Å². The summed E-state index contributed by atoms with van der Waals surface area (Å²) in [6.07, 6.45) is 11.6. The molecule has 0 spiro atoms. The fourth-order valence-electron chi connectivity index (χ4n) is 1.38. The molecule has 1 aliphatic rings. The van der Waals surface area contributed by atoms with E-state index in [-0.39, 0.29) is 0 Å². The van der Waals surface area contributed by atoms with Crippen molar-refractivity contribution in [1.29, 1.82) is 0 Å². The zero-order valence-corrected chi connectivity index (χ0v) is 8.82. The first-order valence-electron chi connectivity index (χ1n) is 5.27. The molecule has 2 N–H and O–H groups in total. The first-order chi connectivity index (χ1) is 7.13. The molecule has 0 aliphatic heterocycles. The SMILES string of the molecule is C1CCCCCC1.O=C(O)C=CC(=O)O. The molecule has 4 heteroatoms. The number of aliphatic carboxylic acids is 2. The van der Waals surface area contributed by atoms with Crippen molar-refractivity contribution in [3.05, 3.63) is 12.2 Å². The summed E-state index contributed by atoms with van der Waals surface area (Å²) in [5, 5.41) is 15.6. The summed E-state index contributed by atoms with van der Waals surface area (Å²) in [5.74, 6) is -2.51. The van der Waals surface area contributed by atoms with E-state index in [9.17, 15) is 9.59 Å². The van der Waals surface area contributed by atoms with E-state index in [4.69, 9.17) is 10.2 Å². The van der Waals surface area contributed by atoms with Gasteiger partial charge in [0.1, 0.15) is 0 Å². The van der Waals surface area contributed by atoms with Gasteiger partial charge in [-0.25, -0.2) is 9.59 Å². The molecule has 0 saturated heterocycles. The number of carbonyl (C=O) groups is 2. The van der Waals surface area contributed by atoms with Gasteiger partial charge >= 0.3 is 11.9 Å². The molecule has 1 fully saturated rings. The maximum atomic E-state index is 9.55. The highest BCUT2D eigenvalue weighted by Crippen LogP contribution is 2.15. The van der Waals surface area contributed by atoms with Crippen LogP contribution in [0.15, 0.2) is 12.2 Å². The monoisotopic (exact) mass is 214 g/mol. The van der Waals surface area contributed by atoms with Gasteiger partial charge in [-0.1, -0.05) is 44.9 Å². The van der Waals surface area contributed by atoms with Crippen LogP contribution in [0.1, 0.15) is 44.9 Å². The van der Waals surface area contributed by atoms with Crippen molar-refractivity contribution in [2.24, 2.45) is 0 Å².